The molecule has 10 nitrogen and oxygen atoms in total. The summed E-state index contributed by atoms with van der Waals surface area (Å²) in [6, 6.07) is 7.41. The molecule has 8 N–H and O–H groups in total. The number of rotatable bonds is 5. The number of aryl methyl sites for hydroxylation is 1. The number of aromatic nitrogens is 2. The van der Waals surface area contributed by atoms with Crippen LogP contribution in [-0.2, 0) is 16.0 Å². The van der Waals surface area contributed by atoms with Gasteiger partial charge in [0.25, 0.3) is 0 Å². The molecule has 2 rings (SSSR count). The maximum Gasteiger partial charge on any atom is 0.335 e. The third-order valence-electron chi connectivity index (χ3n) is 3.30. The van der Waals surface area contributed by atoms with Crippen LogP contribution in [0.5, 0.6) is 0 Å². The van der Waals surface area contributed by atoms with Crippen LogP contribution in [0, 0.1) is 0 Å². The first kappa shape index (κ1) is 22.1. The topological polar surface area (TPSA) is 193 Å². The smallest absolute Gasteiger partial charge is 0.335 e. The van der Waals surface area contributed by atoms with Gasteiger partial charge in [-0.15, -0.1) is 0 Å². The Morgan fingerprint density at radius 3 is 1.93 bits per heavy atom. The molecule has 1 aromatic heterocycles. The van der Waals surface area contributed by atoms with Crippen LogP contribution in [-0.4, -0.2) is 54.5 Å². The molecule has 0 radical (unpaired) electrons. The second-order valence-electron chi connectivity index (χ2n) is 5.22. The number of halogens is 1. The van der Waals surface area contributed by atoms with Crippen molar-refractivity contribution < 1.29 is 30.0 Å². The number of aliphatic hydroxyl groups is 2. The zero-order chi connectivity index (χ0) is 20.7. The molecule has 0 saturated heterocycles. The SMILES string of the molecule is CCc1nc(N)nc(N)c1-c1ccc(Cl)cc1.O=C(O)[C@H](O)[C@@H](O)C(=O)O. The molecule has 0 amide bonds. The Balaban J connectivity index is 0.000000314. The lowest BCUT2D eigenvalue weighted by molar-refractivity contribution is -0.165. The van der Waals surface area contributed by atoms with E-state index in [9.17, 15) is 9.59 Å². The highest BCUT2D eigenvalue weighted by Crippen LogP contribution is 2.29. The molecule has 2 atom stereocenters. The predicted molar refractivity (Wildman–Crippen MR) is 98.0 cm³/mol. The minimum atomic E-state index is -2.27. The van der Waals surface area contributed by atoms with Gasteiger partial charge < -0.3 is 31.9 Å². The molecular formula is C16H19ClN4O6. The molecule has 11 heteroatoms. The standard InChI is InChI=1S/C12H13ClN4.C4H6O6/c1-2-9-10(11(14)17-12(15)16-9)7-3-5-8(13)6-4-7;5-1(3(7)8)2(6)4(9)10/h3-6H,2H2,1H3,(H4,14,15,16,17);1-2,5-6H,(H,7,8)(H,9,10)/t;1-,2-/m.1/s1. The summed E-state index contributed by atoms with van der Waals surface area (Å²) < 4.78 is 0. The minimum Gasteiger partial charge on any atom is -0.479 e. The number of carbonyl (C=O) groups is 2. The third kappa shape index (κ3) is 6.06. The van der Waals surface area contributed by atoms with E-state index in [1.807, 2.05) is 31.2 Å². The van der Waals surface area contributed by atoms with Crippen molar-refractivity contribution in [1.82, 2.24) is 9.97 Å². The van der Waals surface area contributed by atoms with E-state index in [1.54, 1.807) is 0 Å². The van der Waals surface area contributed by atoms with Gasteiger partial charge in [0.05, 0.1) is 5.69 Å². The maximum absolute atomic E-state index is 9.77. The number of benzene rings is 1. The first-order valence-corrected chi connectivity index (χ1v) is 7.95. The maximum atomic E-state index is 9.77. The Bertz CT molecular complexity index is 797. The summed E-state index contributed by atoms with van der Waals surface area (Å²) in [7, 11) is 0. The number of nitrogens with zero attached hydrogens (tertiary/aromatic N) is 2. The Hall–Kier alpha value is -2.95. The Labute approximate surface area is 159 Å². The van der Waals surface area contributed by atoms with Crippen molar-refractivity contribution in [2.75, 3.05) is 11.5 Å². The fourth-order valence-electron chi connectivity index (χ4n) is 2.00. The predicted octanol–water partition coefficient (Wildman–Crippen LogP) is 0.401. The number of anilines is 2. The van der Waals surface area contributed by atoms with Crippen LogP contribution in [0.4, 0.5) is 11.8 Å². The zero-order valence-electron chi connectivity index (χ0n) is 14.2. The Morgan fingerprint density at radius 1 is 1.04 bits per heavy atom. The number of aliphatic carboxylic acids is 2. The fraction of sp³-hybridized carbons (Fsp3) is 0.250. The van der Waals surface area contributed by atoms with Gasteiger partial charge in [-0.25, -0.2) is 14.6 Å². The van der Waals surface area contributed by atoms with Crippen molar-refractivity contribution in [3.05, 3.63) is 35.0 Å². The molecule has 27 heavy (non-hydrogen) atoms. The summed E-state index contributed by atoms with van der Waals surface area (Å²) in [5.41, 5.74) is 14.1. The quantitative estimate of drug-likeness (QED) is 0.410. The number of hydrogen-bond donors (Lipinski definition) is 6. The normalized spacial score (nSPS) is 12.4. The van der Waals surface area contributed by atoms with Crippen LogP contribution >= 0.6 is 11.6 Å². The number of hydrogen-bond acceptors (Lipinski definition) is 8. The van der Waals surface area contributed by atoms with Crippen molar-refractivity contribution in [3.8, 4) is 11.1 Å². The van der Waals surface area contributed by atoms with Crippen LogP contribution in [0.1, 0.15) is 12.6 Å². The van der Waals surface area contributed by atoms with Crippen molar-refractivity contribution in [3.63, 3.8) is 0 Å². The molecule has 146 valence electrons. The summed E-state index contributed by atoms with van der Waals surface area (Å²) in [5, 5.41) is 33.2. The molecule has 2 aromatic rings. The minimum absolute atomic E-state index is 0.206. The first-order chi connectivity index (χ1) is 12.6. The fourth-order valence-corrected chi connectivity index (χ4v) is 2.13. The lowest BCUT2D eigenvalue weighted by Gasteiger charge is -2.10. The highest BCUT2D eigenvalue weighted by molar-refractivity contribution is 6.30. The summed E-state index contributed by atoms with van der Waals surface area (Å²) in [4.78, 5) is 27.7. The number of nitrogens with two attached hydrogens (primary N) is 2. The molecule has 0 saturated carbocycles. The molecule has 0 fully saturated rings. The van der Waals surface area contributed by atoms with E-state index >= 15 is 0 Å². The molecule has 0 aliphatic carbocycles. The molecule has 0 aliphatic heterocycles. The number of nitrogen functional groups attached to an aromatic ring is 2. The van der Waals surface area contributed by atoms with E-state index < -0.39 is 24.1 Å². The lowest BCUT2D eigenvalue weighted by Crippen LogP contribution is -2.39. The monoisotopic (exact) mass is 398 g/mol. The van der Waals surface area contributed by atoms with Gasteiger partial charge >= 0.3 is 11.9 Å². The van der Waals surface area contributed by atoms with Gasteiger partial charge in [-0.3, -0.25) is 0 Å². The zero-order valence-corrected chi connectivity index (χ0v) is 15.0. The highest BCUT2D eigenvalue weighted by Gasteiger charge is 2.29. The van der Waals surface area contributed by atoms with Gasteiger partial charge in [0.15, 0.2) is 12.2 Å². The average molecular weight is 399 g/mol. The van der Waals surface area contributed by atoms with Gasteiger partial charge in [-0.2, -0.15) is 4.98 Å². The Morgan fingerprint density at radius 2 is 1.52 bits per heavy atom. The van der Waals surface area contributed by atoms with E-state index in [0.29, 0.717) is 10.8 Å². The largest absolute Gasteiger partial charge is 0.479 e. The third-order valence-corrected chi connectivity index (χ3v) is 3.55. The number of aliphatic hydroxyl groups excluding tert-OH is 2. The van der Waals surface area contributed by atoms with E-state index in [4.69, 9.17) is 43.5 Å². The van der Waals surface area contributed by atoms with Crippen LogP contribution in [0.25, 0.3) is 11.1 Å². The van der Waals surface area contributed by atoms with E-state index in [0.717, 1.165) is 23.2 Å². The molecule has 1 aromatic carbocycles. The number of carboxylic acid groups (broad SMARTS) is 2. The van der Waals surface area contributed by atoms with E-state index in [1.165, 1.54) is 0 Å². The summed E-state index contributed by atoms with van der Waals surface area (Å²) in [6.45, 7) is 2.00. The van der Waals surface area contributed by atoms with E-state index in [2.05, 4.69) is 9.97 Å². The number of carboxylic acids is 2. The first-order valence-electron chi connectivity index (χ1n) is 7.58. The van der Waals surface area contributed by atoms with Gasteiger partial charge in [-0.1, -0.05) is 30.7 Å². The van der Waals surface area contributed by atoms with Gasteiger partial charge in [0.2, 0.25) is 5.95 Å². The molecule has 1 heterocycles. The molecule has 0 bridgehead atoms. The molecule has 0 unspecified atom stereocenters. The van der Waals surface area contributed by atoms with Crippen LogP contribution in [0.15, 0.2) is 24.3 Å². The van der Waals surface area contributed by atoms with Crippen molar-refractivity contribution >= 4 is 35.3 Å². The van der Waals surface area contributed by atoms with Crippen molar-refractivity contribution in [2.24, 2.45) is 0 Å². The molecule has 0 spiro atoms. The second kappa shape index (κ2) is 9.67. The summed E-state index contributed by atoms with van der Waals surface area (Å²) >= 11 is 5.86. The van der Waals surface area contributed by atoms with Crippen LogP contribution in [0.3, 0.4) is 0 Å². The summed E-state index contributed by atoms with van der Waals surface area (Å²) in [6.07, 6.45) is -3.79. The van der Waals surface area contributed by atoms with Gasteiger partial charge in [0.1, 0.15) is 5.82 Å². The molecule has 0 aliphatic rings. The average Bonchev–Trinajstić information content (AvgIpc) is 2.61. The van der Waals surface area contributed by atoms with Gasteiger partial charge in [-0.05, 0) is 24.1 Å². The Kier molecular flexibility index (Phi) is 7.91. The van der Waals surface area contributed by atoms with E-state index in [-0.39, 0.29) is 5.95 Å². The van der Waals surface area contributed by atoms with Crippen LogP contribution in [0.2, 0.25) is 5.02 Å². The lowest BCUT2D eigenvalue weighted by atomic mass is 10.0. The summed E-state index contributed by atoms with van der Waals surface area (Å²) in [5.74, 6) is -2.93. The second-order valence-corrected chi connectivity index (χ2v) is 5.65. The van der Waals surface area contributed by atoms with Gasteiger partial charge in [0, 0.05) is 10.6 Å². The highest BCUT2D eigenvalue weighted by atomic mass is 35.5. The molecular weight excluding hydrogens is 380 g/mol. The van der Waals surface area contributed by atoms with Crippen LogP contribution < -0.4 is 11.5 Å². The van der Waals surface area contributed by atoms with Crippen molar-refractivity contribution in [2.45, 2.75) is 25.6 Å². The van der Waals surface area contributed by atoms with Crippen molar-refractivity contribution in [1.29, 1.82) is 0 Å².